The van der Waals surface area contributed by atoms with E-state index < -0.39 is 65.5 Å². The van der Waals surface area contributed by atoms with E-state index in [0.29, 0.717) is 16.0 Å². The van der Waals surface area contributed by atoms with Gasteiger partial charge in [0.1, 0.15) is 12.7 Å². The number of fused-ring (bicyclic) bond motifs is 3. The summed E-state index contributed by atoms with van der Waals surface area (Å²) in [5, 5.41) is 11.5. The lowest BCUT2D eigenvalue weighted by Crippen LogP contribution is -2.46. The van der Waals surface area contributed by atoms with Crippen LogP contribution in [0.4, 0.5) is 8.78 Å². The Balaban J connectivity index is 1.50. The normalized spacial score (nSPS) is 22.8. The molecule has 0 saturated carbocycles. The Labute approximate surface area is 181 Å². The third kappa shape index (κ3) is 3.52. The Kier molecular flexibility index (Phi) is 5.24. The highest BCUT2D eigenvalue weighted by molar-refractivity contribution is 7.92. The molecule has 1 fully saturated rings. The highest BCUT2D eigenvalue weighted by Crippen LogP contribution is 2.43. The van der Waals surface area contributed by atoms with Crippen LogP contribution in [0.1, 0.15) is 16.8 Å². The van der Waals surface area contributed by atoms with E-state index in [0.717, 1.165) is 0 Å². The molecule has 0 bridgehead atoms. The van der Waals surface area contributed by atoms with Crippen molar-refractivity contribution in [2.75, 3.05) is 19.8 Å². The number of hydrogen-bond donors (Lipinski definition) is 2. The maximum Gasteiger partial charge on any atom is 0.326 e. The summed E-state index contributed by atoms with van der Waals surface area (Å²) in [5.41, 5.74) is -1.49. The molecular weight excluding hydrogens is 446 g/mol. The highest BCUT2D eigenvalue weighted by Gasteiger charge is 2.49. The molecule has 2 aliphatic heterocycles. The van der Waals surface area contributed by atoms with Gasteiger partial charge in [0, 0.05) is 23.1 Å². The molecule has 32 heavy (non-hydrogen) atoms. The van der Waals surface area contributed by atoms with Crippen molar-refractivity contribution in [3.63, 3.8) is 0 Å². The minimum absolute atomic E-state index is 0.0206. The van der Waals surface area contributed by atoms with E-state index in [1.807, 2.05) is 0 Å². The van der Waals surface area contributed by atoms with Gasteiger partial charge < -0.3 is 15.3 Å². The highest BCUT2D eigenvalue weighted by atomic mass is 32.2. The van der Waals surface area contributed by atoms with Gasteiger partial charge in [-0.2, -0.15) is 0 Å². The smallest absolute Gasteiger partial charge is 0.326 e. The van der Waals surface area contributed by atoms with E-state index in [1.54, 1.807) is 18.2 Å². The molecule has 2 aromatic rings. The molecule has 2 N–H and O–H groups in total. The minimum atomic E-state index is -3.80. The molecule has 11 heteroatoms. The first-order chi connectivity index (χ1) is 15.1. The lowest BCUT2D eigenvalue weighted by molar-refractivity contribution is -0.147. The van der Waals surface area contributed by atoms with Crippen LogP contribution in [0.2, 0.25) is 0 Å². The fourth-order valence-electron chi connectivity index (χ4n) is 4.03. The van der Waals surface area contributed by atoms with Crippen molar-refractivity contribution < 1.29 is 36.7 Å². The average Bonchev–Trinajstić information content (AvgIpc) is 3.25. The number of halogens is 2. The predicted octanol–water partition coefficient (Wildman–Crippen LogP) is 1.59. The third-order valence-corrected chi connectivity index (χ3v) is 7.49. The molecule has 0 aliphatic carbocycles. The van der Waals surface area contributed by atoms with Crippen molar-refractivity contribution in [3.8, 4) is 11.1 Å². The van der Waals surface area contributed by atoms with Crippen molar-refractivity contribution in [2.24, 2.45) is 0 Å². The summed E-state index contributed by atoms with van der Waals surface area (Å²) < 4.78 is 52.7. The summed E-state index contributed by atoms with van der Waals surface area (Å²) in [4.78, 5) is 37.0. The molecule has 168 valence electrons. The number of carbonyl (C=O) groups is 3. The zero-order chi connectivity index (χ0) is 23.3. The topological polar surface area (TPSA) is 121 Å². The Morgan fingerprint density at radius 1 is 1.12 bits per heavy atom. The van der Waals surface area contributed by atoms with E-state index in [-0.39, 0.29) is 15.4 Å². The standard InChI is InChI=1S/C21H18F2N2O6S/c22-10-21(23)8-15(20(28)29)25(11-21)18(26)9-24-19(27)12-5-6-14-13-3-1-2-4-16(13)32(30,31)17(14)7-12/h1-7,15H,8-11H2,(H,24,27)(H,28,29)/t15-,21-/m0/s1. The molecule has 2 heterocycles. The SMILES string of the molecule is O=C(NCC(=O)N1C[C@@](F)(CF)C[C@H]1C(=O)O)c1ccc2c(c1)S(=O)(=O)c1ccccc1-2. The molecule has 0 spiro atoms. The van der Waals surface area contributed by atoms with Gasteiger partial charge in [0.25, 0.3) is 5.91 Å². The second kappa shape index (κ2) is 7.66. The molecule has 2 aliphatic rings. The van der Waals surface area contributed by atoms with Gasteiger partial charge in [0.15, 0.2) is 5.67 Å². The number of carboxylic acids is 1. The summed E-state index contributed by atoms with van der Waals surface area (Å²) in [6, 6.07) is 9.00. The molecule has 0 aromatic heterocycles. The number of carboxylic acid groups (broad SMARTS) is 1. The predicted molar refractivity (Wildman–Crippen MR) is 107 cm³/mol. The van der Waals surface area contributed by atoms with Crippen LogP contribution in [0.5, 0.6) is 0 Å². The summed E-state index contributed by atoms with van der Waals surface area (Å²) in [5.74, 6) is -3.13. The number of nitrogens with one attached hydrogen (secondary N) is 1. The van der Waals surface area contributed by atoms with Crippen LogP contribution < -0.4 is 5.32 Å². The molecule has 0 radical (unpaired) electrons. The van der Waals surface area contributed by atoms with Crippen LogP contribution in [0, 0.1) is 0 Å². The maximum absolute atomic E-state index is 14.3. The molecule has 8 nitrogen and oxygen atoms in total. The van der Waals surface area contributed by atoms with Crippen molar-refractivity contribution >= 4 is 27.6 Å². The lowest BCUT2D eigenvalue weighted by Gasteiger charge is -2.21. The van der Waals surface area contributed by atoms with Gasteiger partial charge in [-0.3, -0.25) is 9.59 Å². The van der Waals surface area contributed by atoms with Crippen LogP contribution in [0.15, 0.2) is 52.3 Å². The number of rotatable bonds is 5. The number of hydrogen-bond acceptors (Lipinski definition) is 5. The fraction of sp³-hybridized carbons (Fsp3) is 0.286. The molecule has 1 saturated heterocycles. The number of benzene rings is 2. The second-order valence-electron chi connectivity index (χ2n) is 7.76. The van der Waals surface area contributed by atoms with Gasteiger partial charge in [-0.05, 0) is 18.2 Å². The lowest BCUT2D eigenvalue weighted by atomic mass is 10.0. The molecule has 0 unspecified atom stereocenters. The Morgan fingerprint density at radius 2 is 1.81 bits per heavy atom. The summed E-state index contributed by atoms with van der Waals surface area (Å²) >= 11 is 0. The largest absolute Gasteiger partial charge is 0.480 e. The van der Waals surface area contributed by atoms with Crippen molar-refractivity contribution in [2.45, 2.75) is 27.9 Å². The van der Waals surface area contributed by atoms with Gasteiger partial charge in [0.05, 0.1) is 22.9 Å². The number of amides is 2. The third-order valence-electron chi connectivity index (χ3n) is 5.63. The Morgan fingerprint density at radius 3 is 2.50 bits per heavy atom. The zero-order valence-corrected chi connectivity index (χ0v) is 17.4. The first-order valence-electron chi connectivity index (χ1n) is 9.61. The first kappa shape index (κ1) is 21.9. The summed E-state index contributed by atoms with van der Waals surface area (Å²) in [7, 11) is -3.80. The fourth-order valence-corrected chi connectivity index (χ4v) is 5.74. The number of likely N-dealkylation sites (tertiary alicyclic amines) is 1. The van der Waals surface area contributed by atoms with Gasteiger partial charge in [-0.25, -0.2) is 22.0 Å². The van der Waals surface area contributed by atoms with Crippen molar-refractivity contribution in [1.29, 1.82) is 0 Å². The maximum atomic E-state index is 14.3. The van der Waals surface area contributed by atoms with Gasteiger partial charge in [-0.1, -0.05) is 24.3 Å². The van der Waals surface area contributed by atoms with Crippen molar-refractivity contribution in [1.82, 2.24) is 10.2 Å². The quantitative estimate of drug-likeness (QED) is 0.592. The number of nitrogens with zero attached hydrogens (tertiary/aromatic N) is 1. The van der Waals surface area contributed by atoms with Crippen LogP contribution in [-0.2, 0) is 19.4 Å². The van der Waals surface area contributed by atoms with Gasteiger partial charge in [0.2, 0.25) is 15.7 Å². The Bertz CT molecular complexity index is 1250. The van der Waals surface area contributed by atoms with Crippen LogP contribution >= 0.6 is 0 Å². The average molecular weight is 464 g/mol. The number of carbonyl (C=O) groups excluding carboxylic acids is 2. The summed E-state index contributed by atoms with van der Waals surface area (Å²) in [6.07, 6.45) is -0.679. The molecule has 2 atom stereocenters. The number of alkyl halides is 2. The zero-order valence-electron chi connectivity index (χ0n) is 16.5. The van der Waals surface area contributed by atoms with Crippen LogP contribution in [0.3, 0.4) is 0 Å². The summed E-state index contributed by atoms with van der Waals surface area (Å²) in [6.45, 7) is -2.82. The van der Waals surface area contributed by atoms with Gasteiger partial charge in [-0.15, -0.1) is 0 Å². The van der Waals surface area contributed by atoms with E-state index >= 15 is 0 Å². The minimum Gasteiger partial charge on any atom is -0.480 e. The van der Waals surface area contributed by atoms with E-state index in [4.69, 9.17) is 0 Å². The number of sulfone groups is 1. The molecule has 2 aromatic carbocycles. The number of aliphatic carboxylic acids is 1. The molecule has 2 amide bonds. The van der Waals surface area contributed by atoms with E-state index in [2.05, 4.69) is 5.32 Å². The molecular formula is C21H18F2N2O6S. The van der Waals surface area contributed by atoms with Gasteiger partial charge >= 0.3 is 5.97 Å². The molecule has 4 rings (SSSR count). The first-order valence-corrected chi connectivity index (χ1v) is 11.1. The Hall–Kier alpha value is -3.34. The van der Waals surface area contributed by atoms with E-state index in [1.165, 1.54) is 24.3 Å². The van der Waals surface area contributed by atoms with Crippen LogP contribution in [0.25, 0.3) is 11.1 Å². The van der Waals surface area contributed by atoms with E-state index in [9.17, 15) is 36.7 Å². The van der Waals surface area contributed by atoms with Crippen LogP contribution in [-0.4, -0.2) is 67.7 Å². The monoisotopic (exact) mass is 464 g/mol. The van der Waals surface area contributed by atoms with Crippen molar-refractivity contribution in [3.05, 3.63) is 48.0 Å². The second-order valence-corrected chi connectivity index (χ2v) is 9.64.